The van der Waals surface area contributed by atoms with Gasteiger partial charge in [-0.05, 0) is 33.1 Å². The Morgan fingerprint density at radius 3 is 2.50 bits per heavy atom. The van der Waals surface area contributed by atoms with Crippen molar-refractivity contribution in [3.05, 3.63) is 17.0 Å². The molecular weight excluding hydrogens is 258 g/mol. The minimum absolute atomic E-state index is 0.184. The number of carbonyl (C=O) groups excluding carboxylic acids is 2. The van der Waals surface area contributed by atoms with Crippen molar-refractivity contribution in [2.45, 2.75) is 53.1 Å². The van der Waals surface area contributed by atoms with Crippen molar-refractivity contribution in [3.63, 3.8) is 0 Å². The van der Waals surface area contributed by atoms with Crippen LogP contribution in [0, 0.1) is 19.8 Å². The third kappa shape index (κ3) is 2.42. The molecule has 2 rings (SSSR count). The normalized spacial score (nSPS) is 22.8. The average molecular weight is 279 g/mol. The lowest BCUT2D eigenvalue weighted by Gasteiger charge is -2.23. The molecule has 20 heavy (non-hydrogen) atoms. The van der Waals surface area contributed by atoms with E-state index in [0.717, 1.165) is 5.56 Å². The van der Waals surface area contributed by atoms with Crippen molar-refractivity contribution in [1.29, 1.82) is 0 Å². The largest absolute Gasteiger partial charge is 0.361 e. The van der Waals surface area contributed by atoms with Gasteiger partial charge in [0.1, 0.15) is 11.3 Å². The van der Waals surface area contributed by atoms with Crippen LogP contribution in [0.25, 0.3) is 0 Å². The van der Waals surface area contributed by atoms with Crippen LogP contribution in [0.2, 0.25) is 0 Å². The summed E-state index contributed by atoms with van der Waals surface area (Å²) in [5.41, 5.74) is 0.687. The molecule has 0 bridgehead atoms. The molecule has 1 aromatic rings. The number of aryl methyl sites for hydroxylation is 2. The van der Waals surface area contributed by atoms with E-state index in [2.05, 4.69) is 10.5 Å². The molecule has 3 amide bonds. The Morgan fingerprint density at radius 1 is 1.35 bits per heavy atom. The third-order valence-corrected chi connectivity index (χ3v) is 3.66. The summed E-state index contributed by atoms with van der Waals surface area (Å²) in [5.74, 6) is 0.778. The summed E-state index contributed by atoms with van der Waals surface area (Å²) in [6.45, 7) is 9.63. The first-order chi connectivity index (χ1) is 9.24. The van der Waals surface area contributed by atoms with Gasteiger partial charge in [0.05, 0.1) is 12.2 Å². The number of aromatic nitrogens is 1. The fourth-order valence-electron chi connectivity index (χ4n) is 2.73. The molecule has 1 aliphatic heterocycles. The SMILES string of the molecule is Cc1noc(C)c1CN1C(=O)NC(C)(CC(C)C)C1=O. The van der Waals surface area contributed by atoms with Crippen molar-refractivity contribution in [2.75, 3.05) is 0 Å². The second-order valence-electron chi connectivity index (χ2n) is 6.05. The Labute approximate surface area is 118 Å². The van der Waals surface area contributed by atoms with Crippen molar-refractivity contribution in [1.82, 2.24) is 15.4 Å². The summed E-state index contributed by atoms with van der Waals surface area (Å²) in [5, 5.41) is 6.65. The third-order valence-electron chi connectivity index (χ3n) is 3.66. The predicted octanol–water partition coefficient (Wildman–Crippen LogP) is 2.15. The van der Waals surface area contributed by atoms with Gasteiger partial charge in [-0.3, -0.25) is 9.69 Å². The Morgan fingerprint density at radius 2 is 2.00 bits per heavy atom. The topological polar surface area (TPSA) is 75.4 Å². The highest BCUT2D eigenvalue weighted by atomic mass is 16.5. The standard InChI is InChI=1S/C14H21N3O3/c1-8(2)6-14(5)12(18)17(13(19)15-14)7-11-9(3)16-20-10(11)4/h8H,6-7H2,1-5H3,(H,15,19). The summed E-state index contributed by atoms with van der Waals surface area (Å²) in [6, 6.07) is -0.349. The van der Waals surface area contributed by atoms with Crippen molar-refractivity contribution >= 4 is 11.9 Å². The van der Waals surface area contributed by atoms with Gasteiger partial charge in [-0.25, -0.2) is 4.79 Å². The number of nitrogens with one attached hydrogen (secondary N) is 1. The lowest BCUT2D eigenvalue weighted by atomic mass is 9.91. The van der Waals surface area contributed by atoms with Crippen molar-refractivity contribution in [2.24, 2.45) is 5.92 Å². The van der Waals surface area contributed by atoms with Gasteiger partial charge in [0, 0.05) is 5.56 Å². The van der Waals surface area contributed by atoms with Gasteiger partial charge in [0.2, 0.25) is 0 Å². The van der Waals surface area contributed by atoms with E-state index in [-0.39, 0.29) is 18.5 Å². The fraction of sp³-hybridized carbons (Fsp3) is 0.643. The summed E-state index contributed by atoms with van der Waals surface area (Å²) in [7, 11) is 0. The van der Waals surface area contributed by atoms with Crippen LogP contribution in [0.4, 0.5) is 4.79 Å². The lowest BCUT2D eigenvalue weighted by molar-refractivity contribution is -0.131. The van der Waals surface area contributed by atoms with E-state index < -0.39 is 5.54 Å². The summed E-state index contributed by atoms with van der Waals surface area (Å²) >= 11 is 0. The number of rotatable bonds is 4. The van der Waals surface area contributed by atoms with Crippen LogP contribution >= 0.6 is 0 Å². The second kappa shape index (κ2) is 4.92. The average Bonchev–Trinajstić information content (AvgIpc) is 2.73. The van der Waals surface area contributed by atoms with Crippen LogP contribution in [0.3, 0.4) is 0 Å². The zero-order valence-electron chi connectivity index (χ0n) is 12.6. The van der Waals surface area contributed by atoms with Crippen LogP contribution in [0.15, 0.2) is 4.52 Å². The highest BCUT2D eigenvalue weighted by Crippen LogP contribution is 2.27. The summed E-state index contributed by atoms with van der Waals surface area (Å²) in [6.07, 6.45) is 0.621. The number of amides is 3. The molecule has 0 spiro atoms. The molecule has 1 unspecified atom stereocenters. The Hall–Kier alpha value is -1.85. The molecule has 0 aliphatic carbocycles. The molecule has 0 saturated carbocycles. The minimum Gasteiger partial charge on any atom is -0.361 e. The van der Waals surface area contributed by atoms with Gasteiger partial charge >= 0.3 is 6.03 Å². The number of urea groups is 1. The molecule has 110 valence electrons. The first-order valence-electron chi connectivity index (χ1n) is 6.80. The van der Waals surface area contributed by atoms with E-state index in [1.165, 1.54) is 4.90 Å². The fourth-order valence-corrected chi connectivity index (χ4v) is 2.73. The van der Waals surface area contributed by atoms with Crippen LogP contribution in [-0.4, -0.2) is 27.5 Å². The molecule has 6 heteroatoms. The van der Waals surface area contributed by atoms with E-state index in [0.29, 0.717) is 23.8 Å². The number of hydrogen-bond acceptors (Lipinski definition) is 4. The maximum atomic E-state index is 12.5. The Kier molecular flexibility index (Phi) is 3.58. The molecule has 0 radical (unpaired) electrons. The van der Waals surface area contributed by atoms with Gasteiger partial charge in [0.25, 0.3) is 5.91 Å². The van der Waals surface area contributed by atoms with Gasteiger partial charge in [-0.2, -0.15) is 0 Å². The molecule has 6 nitrogen and oxygen atoms in total. The predicted molar refractivity (Wildman–Crippen MR) is 72.9 cm³/mol. The highest BCUT2D eigenvalue weighted by Gasteiger charge is 2.48. The van der Waals surface area contributed by atoms with E-state index >= 15 is 0 Å². The molecule has 1 aliphatic rings. The molecular formula is C14H21N3O3. The van der Waals surface area contributed by atoms with E-state index in [1.54, 1.807) is 20.8 Å². The Balaban J connectivity index is 2.22. The first kappa shape index (κ1) is 14.6. The lowest BCUT2D eigenvalue weighted by Crippen LogP contribution is -2.44. The van der Waals surface area contributed by atoms with Gasteiger partial charge < -0.3 is 9.84 Å². The zero-order chi connectivity index (χ0) is 15.1. The molecule has 1 N–H and O–H groups in total. The number of carbonyl (C=O) groups is 2. The molecule has 1 saturated heterocycles. The smallest absolute Gasteiger partial charge is 0.325 e. The van der Waals surface area contributed by atoms with E-state index in [4.69, 9.17) is 4.52 Å². The number of hydrogen-bond donors (Lipinski definition) is 1. The molecule has 1 atom stereocenters. The highest BCUT2D eigenvalue weighted by molar-refractivity contribution is 6.06. The van der Waals surface area contributed by atoms with Crippen LogP contribution in [0.5, 0.6) is 0 Å². The van der Waals surface area contributed by atoms with E-state index in [1.807, 2.05) is 13.8 Å². The number of nitrogens with zero attached hydrogens (tertiary/aromatic N) is 2. The first-order valence-corrected chi connectivity index (χ1v) is 6.80. The summed E-state index contributed by atoms with van der Waals surface area (Å²) in [4.78, 5) is 25.8. The van der Waals surface area contributed by atoms with Crippen LogP contribution in [-0.2, 0) is 11.3 Å². The maximum Gasteiger partial charge on any atom is 0.325 e. The molecule has 0 aromatic carbocycles. The molecule has 1 fully saturated rings. The molecule has 2 heterocycles. The monoisotopic (exact) mass is 279 g/mol. The van der Waals surface area contributed by atoms with Gasteiger partial charge in [0.15, 0.2) is 0 Å². The maximum absolute atomic E-state index is 12.5. The second-order valence-corrected chi connectivity index (χ2v) is 6.05. The summed E-state index contributed by atoms with van der Waals surface area (Å²) < 4.78 is 5.07. The van der Waals surface area contributed by atoms with Gasteiger partial charge in [-0.15, -0.1) is 0 Å². The number of imide groups is 1. The minimum atomic E-state index is -0.815. The zero-order valence-corrected chi connectivity index (χ0v) is 12.6. The molecule has 1 aromatic heterocycles. The van der Waals surface area contributed by atoms with Crippen molar-refractivity contribution < 1.29 is 14.1 Å². The quantitative estimate of drug-likeness (QED) is 0.857. The van der Waals surface area contributed by atoms with Crippen LogP contribution in [0.1, 0.15) is 44.2 Å². The Bertz CT molecular complexity index is 530. The van der Waals surface area contributed by atoms with E-state index in [9.17, 15) is 9.59 Å². The van der Waals surface area contributed by atoms with Crippen molar-refractivity contribution in [3.8, 4) is 0 Å². The van der Waals surface area contributed by atoms with Crippen LogP contribution < -0.4 is 5.32 Å². The van der Waals surface area contributed by atoms with Gasteiger partial charge in [-0.1, -0.05) is 19.0 Å².